The van der Waals surface area contributed by atoms with Crippen LogP contribution in [0.2, 0.25) is 5.02 Å². The van der Waals surface area contributed by atoms with Crippen molar-refractivity contribution in [3.05, 3.63) is 34.9 Å². The third-order valence-electron chi connectivity index (χ3n) is 3.53. The molecule has 25 heavy (non-hydrogen) atoms. The van der Waals surface area contributed by atoms with Gasteiger partial charge in [-0.2, -0.15) is 0 Å². The van der Waals surface area contributed by atoms with Crippen molar-refractivity contribution in [2.45, 2.75) is 13.5 Å². The third kappa shape index (κ3) is 6.35. The van der Waals surface area contributed by atoms with Gasteiger partial charge in [-0.15, -0.1) is 24.0 Å². The molecule has 0 saturated carbocycles. The SMILES string of the molecule is CCNC(=NCCN1C(=O)CNC1=O)N(C)Cc1cccc(Cl)c1.I. The first-order chi connectivity index (χ1) is 11.5. The number of carbonyl (C=O) groups excluding carboxylic acids is 2. The molecular weight excluding hydrogens is 457 g/mol. The molecule has 1 heterocycles. The Morgan fingerprint density at radius 1 is 1.44 bits per heavy atom. The molecule has 0 atom stereocenters. The molecule has 0 unspecified atom stereocenters. The molecule has 1 saturated heterocycles. The van der Waals surface area contributed by atoms with Crippen LogP contribution < -0.4 is 10.6 Å². The monoisotopic (exact) mass is 479 g/mol. The maximum Gasteiger partial charge on any atom is 0.324 e. The van der Waals surface area contributed by atoms with E-state index in [2.05, 4.69) is 15.6 Å². The molecule has 0 bridgehead atoms. The van der Waals surface area contributed by atoms with Gasteiger partial charge >= 0.3 is 6.03 Å². The van der Waals surface area contributed by atoms with Gasteiger partial charge in [0.1, 0.15) is 0 Å². The van der Waals surface area contributed by atoms with Crippen LogP contribution in [0.4, 0.5) is 4.79 Å². The molecule has 1 fully saturated rings. The average Bonchev–Trinajstić information content (AvgIpc) is 2.85. The number of carbonyl (C=O) groups is 2. The summed E-state index contributed by atoms with van der Waals surface area (Å²) in [5.41, 5.74) is 1.07. The molecule has 2 rings (SSSR count). The number of rotatable bonds is 6. The topological polar surface area (TPSA) is 77.0 Å². The molecule has 0 spiro atoms. The maximum absolute atomic E-state index is 11.5. The number of halogens is 2. The summed E-state index contributed by atoms with van der Waals surface area (Å²) < 4.78 is 0. The first-order valence-corrected chi connectivity index (χ1v) is 8.21. The van der Waals surface area contributed by atoms with Crippen LogP contribution >= 0.6 is 35.6 Å². The number of nitrogens with zero attached hydrogens (tertiary/aromatic N) is 3. The molecule has 7 nitrogen and oxygen atoms in total. The summed E-state index contributed by atoms with van der Waals surface area (Å²) in [5, 5.41) is 6.39. The minimum atomic E-state index is -0.354. The van der Waals surface area contributed by atoms with Crippen molar-refractivity contribution in [1.82, 2.24) is 20.4 Å². The Kier molecular flexibility index (Phi) is 8.98. The predicted molar refractivity (Wildman–Crippen MR) is 109 cm³/mol. The molecule has 1 aromatic carbocycles. The van der Waals surface area contributed by atoms with Gasteiger partial charge in [-0.1, -0.05) is 23.7 Å². The summed E-state index contributed by atoms with van der Waals surface area (Å²) in [6.07, 6.45) is 0. The number of aliphatic imine (C=N–C) groups is 1. The second-order valence-corrected chi connectivity index (χ2v) is 5.86. The lowest BCUT2D eigenvalue weighted by Gasteiger charge is -2.22. The van der Waals surface area contributed by atoms with Gasteiger partial charge in [-0.05, 0) is 24.6 Å². The van der Waals surface area contributed by atoms with Crippen molar-refractivity contribution in [3.63, 3.8) is 0 Å². The zero-order valence-corrected chi connectivity index (χ0v) is 17.4. The van der Waals surface area contributed by atoms with Gasteiger partial charge in [0.25, 0.3) is 0 Å². The summed E-state index contributed by atoms with van der Waals surface area (Å²) in [7, 11) is 1.93. The highest BCUT2D eigenvalue weighted by atomic mass is 127. The molecule has 1 aliphatic rings. The van der Waals surface area contributed by atoms with E-state index in [1.165, 1.54) is 4.90 Å². The molecular formula is C16H23ClIN5O2. The van der Waals surface area contributed by atoms with Gasteiger partial charge in [0.15, 0.2) is 5.96 Å². The lowest BCUT2D eigenvalue weighted by molar-refractivity contribution is -0.124. The van der Waals surface area contributed by atoms with Gasteiger partial charge in [0.2, 0.25) is 5.91 Å². The number of nitrogens with one attached hydrogen (secondary N) is 2. The molecule has 1 aromatic rings. The summed E-state index contributed by atoms with van der Waals surface area (Å²) in [4.78, 5) is 30.7. The van der Waals surface area contributed by atoms with Gasteiger partial charge in [-0.25, -0.2) is 4.79 Å². The summed E-state index contributed by atoms with van der Waals surface area (Å²) >= 11 is 6.01. The van der Waals surface area contributed by atoms with E-state index in [-0.39, 0.29) is 49.0 Å². The maximum atomic E-state index is 11.5. The van der Waals surface area contributed by atoms with E-state index in [4.69, 9.17) is 11.6 Å². The molecule has 138 valence electrons. The number of benzene rings is 1. The Hall–Kier alpha value is -1.55. The van der Waals surface area contributed by atoms with E-state index in [9.17, 15) is 9.59 Å². The lowest BCUT2D eigenvalue weighted by Crippen LogP contribution is -2.39. The number of guanidine groups is 1. The number of imide groups is 1. The van der Waals surface area contributed by atoms with E-state index in [1.807, 2.05) is 43.1 Å². The average molecular weight is 480 g/mol. The van der Waals surface area contributed by atoms with Crippen LogP contribution in [0.1, 0.15) is 12.5 Å². The smallest absolute Gasteiger partial charge is 0.324 e. The minimum absolute atomic E-state index is 0. The van der Waals surface area contributed by atoms with Crippen LogP contribution in [-0.2, 0) is 11.3 Å². The van der Waals surface area contributed by atoms with Crippen LogP contribution in [0.5, 0.6) is 0 Å². The molecule has 3 amide bonds. The second kappa shape index (κ2) is 10.4. The highest BCUT2D eigenvalue weighted by Crippen LogP contribution is 2.12. The molecule has 0 aliphatic carbocycles. The van der Waals surface area contributed by atoms with Crippen LogP contribution in [0.3, 0.4) is 0 Å². The zero-order chi connectivity index (χ0) is 17.5. The normalized spacial score (nSPS) is 14.2. The molecule has 1 aliphatic heterocycles. The molecule has 9 heteroatoms. The fourth-order valence-electron chi connectivity index (χ4n) is 2.39. The van der Waals surface area contributed by atoms with Crippen molar-refractivity contribution < 1.29 is 9.59 Å². The number of urea groups is 1. The summed E-state index contributed by atoms with van der Waals surface area (Å²) in [6.45, 7) is 4.04. The number of hydrogen-bond acceptors (Lipinski definition) is 3. The molecule has 0 aromatic heterocycles. The largest absolute Gasteiger partial charge is 0.357 e. The van der Waals surface area contributed by atoms with Crippen molar-refractivity contribution in [2.24, 2.45) is 4.99 Å². The number of amides is 3. The van der Waals surface area contributed by atoms with Crippen LogP contribution in [0.15, 0.2) is 29.3 Å². The quantitative estimate of drug-likeness (QED) is 0.283. The van der Waals surface area contributed by atoms with Gasteiger partial charge in [0.05, 0.1) is 19.6 Å². The first kappa shape index (κ1) is 21.5. The van der Waals surface area contributed by atoms with Gasteiger partial charge in [0, 0.05) is 25.2 Å². The van der Waals surface area contributed by atoms with Gasteiger partial charge < -0.3 is 15.5 Å². The highest BCUT2D eigenvalue weighted by molar-refractivity contribution is 14.0. The van der Waals surface area contributed by atoms with E-state index < -0.39 is 0 Å². The van der Waals surface area contributed by atoms with Crippen molar-refractivity contribution >= 4 is 53.5 Å². The number of hydrogen-bond donors (Lipinski definition) is 2. The standard InChI is InChI=1S/C16H22ClN5O2.HI/c1-3-18-15(19-7-8-22-14(23)10-20-16(22)24)21(2)11-12-5-4-6-13(17)9-12;/h4-6,9H,3,7-8,10-11H2,1-2H3,(H,18,19)(H,20,24);1H. The summed E-state index contributed by atoms with van der Waals surface area (Å²) in [5.74, 6) is 0.497. The Morgan fingerprint density at radius 3 is 2.80 bits per heavy atom. The predicted octanol–water partition coefficient (Wildman–Crippen LogP) is 1.91. The summed E-state index contributed by atoms with van der Waals surface area (Å²) in [6, 6.07) is 7.30. The van der Waals surface area contributed by atoms with Crippen LogP contribution in [0, 0.1) is 0 Å². The van der Waals surface area contributed by atoms with Crippen molar-refractivity contribution in [2.75, 3.05) is 33.2 Å². The Labute approximate surface area is 169 Å². The first-order valence-electron chi connectivity index (χ1n) is 7.83. The van der Waals surface area contributed by atoms with E-state index >= 15 is 0 Å². The highest BCUT2D eigenvalue weighted by Gasteiger charge is 2.27. The minimum Gasteiger partial charge on any atom is -0.357 e. The van der Waals surface area contributed by atoms with Crippen LogP contribution in [0.25, 0.3) is 0 Å². The third-order valence-corrected chi connectivity index (χ3v) is 3.76. The zero-order valence-electron chi connectivity index (χ0n) is 14.3. The molecule has 0 radical (unpaired) electrons. The van der Waals surface area contributed by atoms with E-state index in [0.717, 1.165) is 12.1 Å². The Bertz CT molecular complexity index is 625. The lowest BCUT2D eigenvalue weighted by atomic mass is 10.2. The van der Waals surface area contributed by atoms with Crippen molar-refractivity contribution in [1.29, 1.82) is 0 Å². The Morgan fingerprint density at radius 2 is 2.20 bits per heavy atom. The van der Waals surface area contributed by atoms with Gasteiger partial charge in [-0.3, -0.25) is 14.7 Å². The Balaban J connectivity index is 0.00000312. The van der Waals surface area contributed by atoms with Crippen LogP contribution in [-0.4, -0.2) is 60.9 Å². The molecule has 2 N–H and O–H groups in total. The second-order valence-electron chi connectivity index (χ2n) is 5.43. The fraction of sp³-hybridized carbons (Fsp3) is 0.438. The van der Waals surface area contributed by atoms with Crippen molar-refractivity contribution in [3.8, 4) is 0 Å². The van der Waals surface area contributed by atoms with E-state index in [1.54, 1.807) is 0 Å². The van der Waals surface area contributed by atoms with E-state index in [0.29, 0.717) is 24.1 Å². The fourth-order valence-corrected chi connectivity index (χ4v) is 2.60.